The Kier molecular flexibility index (Phi) is 3.78. The van der Waals surface area contributed by atoms with Gasteiger partial charge in [0.2, 0.25) is 5.91 Å². The van der Waals surface area contributed by atoms with Crippen LogP contribution >= 0.6 is 0 Å². The lowest BCUT2D eigenvalue weighted by atomic mass is 9.90. The maximum absolute atomic E-state index is 12.4. The second-order valence-corrected chi connectivity index (χ2v) is 6.68. The van der Waals surface area contributed by atoms with Gasteiger partial charge < -0.3 is 10.0 Å². The number of piperidine rings is 1. The highest BCUT2D eigenvalue weighted by Crippen LogP contribution is 2.45. The number of aliphatic hydroxyl groups is 1. The molecular weight excluding hydrogens is 266 g/mol. The molecule has 1 amide bonds. The second kappa shape index (κ2) is 5.44. The summed E-state index contributed by atoms with van der Waals surface area (Å²) >= 11 is 0. The van der Waals surface area contributed by atoms with E-state index in [1.807, 2.05) is 29.5 Å². The maximum Gasteiger partial charge on any atom is 0.224 e. The molecule has 1 aromatic rings. The maximum atomic E-state index is 12.4. The van der Waals surface area contributed by atoms with Crippen LogP contribution in [0.1, 0.15) is 43.5 Å². The van der Waals surface area contributed by atoms with Gasteiger partial charge in [0.1, 0.15) is 0 Å². The molecule has 1 aliphatic carbocycles. The van der Waals surface area contributed by atoms with Crippen LogP contribution in [0.5, 0.6) is 0 Å². The zero-order valence-corrected chi connectivity index (χ0v) is 13.0. The molecule has 5 nitrogen and oxygen atoms in total. The van der Waals surface area contributed by atoms with E-state index in [9.17, 15) is 9.90 Å². The van der Waals surface area contributed by atoms with Gasteiger partial charge in [-0.2, -0.15) is 5.10 Å². The van der Waals surface area contributed by atoms with Crippen LogP contribution in [-0.4, -0.2) is 44.4 Å². The Morgan fingerprint density at radius 3 is 2.86 bits per heavy atom. The summed E-state index contributed by atoms with van der Waals surface area (Å²) in [6.07, 6.45) is 4.38. The first-order chi connectivity index (χ1) is 9.98. The van der Waals surface area contributed by atoms with Gasteiger partial charge in [-0.15, -0.1) is 0 Å². The molecule has 116 valence electrons. The second-order valence-electron chi connectivity index (χ2n) is 6.68. The van der Waals surface area contributed by atoms with Gasteiger partial charge in [-0.05, 0) is 45.6 Å². The van der Waals surface area contributed by atoms with Gasteiger partial charge in [0.25, 0.3) is 0 Å². The molecule has 1 N–H and O–H groups in total. The average Bonchev–Trinajstić information content (AvgIpc) is 3.13. The normalized spacial score (nSPS) is 24.1. The van der Waals surface area contributed by atoms with Gasteiger partial charge in [-0.25, -0.2) is 0 Å². The topological polar surface area (TPSA) is 58.4 Å². The molecule has 1 atom stereocenters. The fraction of sp³-hybridized carbons (Fsp3) is 0.750. The molecule has 0 spiro atoms. The molecule has 2 fully saturated rings. The third kappa shape index (κ3) is 3.12. The van der Waals surface area contributed by atoms with E-state index < -0.39 is 5.60 Å². The van der Waals surface area contributed by atoms with Crippen molar-refractivity contribution in [2.45, 2.75) is 58.1 Å². The highest BCUT2D eigenvalue weighted by Gasteiger charge is 2.48. The van der Waals surface area contributed by atoms with E-state index >= 15 is 0 Å². The standard InChI is InChI=1S/C16H25N3O2/c1-12-10-13(2)19(17-12)9-5-15(20)18-8-3-4-14(11-18)16(21)6-7-16/h10,14,21H,3-9,11H2,1-2H3. The quantitative estimate of drug-likeness (QED) is 0.917. The summed E-state index contributed by atoms with van der Waals surface area (Å²) in [6.45, 7) is 6.19. The molecule has 1 unspecified atom stereocenters. The van der Waals surface area contributed by atoms with Crippen molar-refractivity contribution >= 4 is 5.91 Å². The van der Waals surface area contributed by atoms with Gasteiger partial charge in [-0.1, -0.05) is 0 Å². The third-order valence-electron chi connectivity index (χ3n) is 4.94. The first-order valence-corrected chi connectivity index (χ1v) is 7.99. The SMILES string of the molecule is Cc1cc(C)n(CCC(=O)N2CCCC(C3(O)CC3)C2)n1. The lowest BCUT2D eigenvalue weighted by Gasteiger charge is -2.35. The predicted octanol–water partition coefficient (Wildman–Crippen LogP) is 1.65. The van der Waals surface area contributed by atoms with Crippen molar-refractivity contribution in [3.8, 4) is 0 Å². The van der Waals surface area contributed by atoms with Gasteiger partial charge >= 0.3 is 0 Å². The Labute approximate surface area is 125 Å². The zero-order chi connectivity index (χ0) is 15.0. The molecule has 2 heterocycles. The summed E-state index contributed by atoms with van der Waals surface area (Å²) in [6, 6.07) is 2.03. The molecule has 3 rings (SSSR count). The summed E-state index contributed by atoms with van der Waals surface area (Å²) in [4.78, 5) is 14.3. The van der Waals surface area contributed by atoms with E-state index in [1.54, 1.807) is 0 Å². The molecule has 1 aliphatic heterocycles. The van der Waals surface area contributed by atoms with Crippen LogP contribution in [0.2, 0.25) is 0 Å². The van der Waals surface area contributed by atoms with Crippen molar-refractivity contribution in [2.75, 3.05) is 13.1 Å². The van der Waals surface area contributed by atoms with Crippen molar-refractivity contribution in [2.24, 2.45) is 5.92 Å². The number of amides is 1. The molecule has 1 saturated heterocycles. The van der Waals surface area contributed by atoms with Crippen LogP contribution < -0.4 is 0 Å². The number of likely N-dealkylation sites (tertiary alicyclic amines) is 1. The lowest BCUT2D eigenvalue weighted by molar-refractivity contribution is -0.134. The summed E-state index contributed by atoms with van der Waals surface area (Å²) in [7, 11) is 0. The fourth-order valence-electron chi connectivity index (χ4n) is 3.44. The van der Waals surface area contributed by atoms with E-state index in [1.165, 1.54) is 0 Å². The molecule has 1 saturated carbocycles. The number of hydrogen-bond donors (Lipinski definition) is 1. The first-order valence-electron chi connectivity index (χ1n) is 7.99. The molecule has 2 aliphatic rings. The minimum Gasteiger partial charge on any atom is -0.390 e. The van der Waals surface area contributed by atoms with E-state index in [4.69, 9.17) is 0 Å². The summed E-state index contributed by atoms with van der Waals surface area (Å²) in [5.41, 5.74) is 1.63. The Morgan fingerprint density at radius 1 is 1.48 bits per heavy atom. The summed E-state index contributed by atoms with van der Waals surface area (Å²) in [5.74, 6) is 0.473. The number of hydrogen-bond acceptors (Lipinski definition) is 3. The average molecular weight is 291 g/mol. The van der Waals surface area contributed by atoms with Crippen LogP contribution in [0, 0.1) is 19.8 Å². The van der Waals surface area contributed by atoms with Crippen molar-refractivity contribution in [1.29, 1.82) is 0 Å². The van der Waals surface area contributed by atoms with Crippen LogP contribution in [0.15, 0.2) is 6.07 Å². The molecule has 0 radical (unpaired) electrons. The van der Waals surface area contributed by atoms with Crippen molar-refractivity contribution in [3.05, 3.63) is 17.5 Å². The van der Waals surface area contributed by atoms with E-state index in [0.29, 0.717) is 13.0 Å². The highest BCUT2D eigenvalue weighted by molar-refractivity contribution is 5.76. The van der Waals surface area contributed by atoms with Crippen molar-refractivity contribution in [3.63, 3.8) is 0 Å². The minimum absolute atomic E-state index is 0.191. The number of nitrogens with zero attached hydrogens (tertiary/aromatic N) is 3. The predicted molar refractivity (Wildman–Crippen MR) is 79.8 cm³/mol. The highest BCUT2D eigenvalue weighted by atomic mass is 16.3. The number of aromatic nitrogens is 2. The first kappa shape index (κ1) is 14.6. The van der Waals surface area contributed by atoms with E-state index in [0.717, 1.165) is 50.2 Å². The van der Waals surface area contributed by atoms with Crippen molar-refractivity contribution in [1.82, 2.24) is 14.7 Å². The number of aryl methyl sites for hydroxylation is 3. The number of carbonyl (C=O) groups excluding carboxylic acids is 1. The Bertz CT molecular complexity index is 534. The van der Waals surface area contributed by atoms with Gasteiger partial charge in [0.15, 0.2) is 0 Å². The molecule has 0 aromatic carbocycles. The van der Waals surface area contributed by atoms with Gasteiger partial charge in [0, 0.05) is 37.7 Å². The van der Waals surface area contributed by atoms with Crippen LogP contribution in [0.25, 0.3) is 0 Å². The largest absolute Gasteiger partial charge is 0.390 e. The van der Waals surface area contributed by atoms with Crippen LogP contribution in [0.3, 0.4) is 0 Å². The fourth-order valence-corrected chi connectivity index (χ4v) is 3.44. The molecule has 0 bridgehead atoms. The minimum atomic E-state index is -0.464. The van der Waals surface area contributed by atoms with Crippen molar-refractivity contribution < 1.29 is 9.90 Å². The van der Waals surface area contributed by atoms with Crippen LogP contribution in [-0.2, 0) is 11.3 Å². The third-order valence-corrected chi connectivity index (χ3v) is 4.94. The smallest absolute Gasteiger partial charge is 0.224 e. The molecular formula is C16H25N3O2. The Hall–Kier alpha value is -1.36. The van der Waals surface area contributed by atoms with E-state index in [-0.39, 0.29) is 11.8 Å². The van der Waals surface area contributed by atoms with Gasteiger partial charge in [0.05, 0.1) is 11.3 Å². The summed E-state index contributed by atoms with van der Waals surface area (Å²) in [5, 5.41) is 14.6. The monoisotopic (exact) mass is 291 g/mol. The Balaban J connectivity index is 1.54. The van der Waals surface area contributed by atoms with Crippen LogP contribution in [0.4, 0.5) is 0 Å². The Morgan fingerprint density at radius 2 is 2.24 bits per heavy atom. The molecule has 1 aromatic heterocycles. The molecule has 21 heavy (non-hydrogen) atoms. The lowest BCUT2D eigenvalue weighted by Crippen LogP contribution is -2.44. The summed E-state index contributed by atoms with van der Waals surface area (Å²) < 4.78 is 1.91. The van der Waals surface area contributed by atoms with E-state index in [2.05, 4.69) is 5.10 Å². The zero-order valence-electron chi connectivity index (χ0n) is 13.0. The molecule has 5 heteroatoms. The van der Waals surface area contributed by atoms with Gasteiger partial charge in [-0.3, -0.25) is 9.48 Å². The number of carbonyl (C=O) groups is 1. The number of rotatable bonds is 4.